The van der Waals surface area contributed by atoms with Crippen molar-refractivity contribution < 1.29 is 13.9 Å². The lowest BCUT2D eigenvalue weighted by molar-refractivity contribution is 0.0983. The number of aliphatic hydroxyl groups excluding tert-OH is 1. The second-order valence-electron chi connectivity index (χ2n) is 11.7. The fraction of sp³-hybridized carbons (Fsp3) is 0.364. The molecule has 4 aromatic rings. The highest BCUT2D eigenvalue weighted by Crippen LogP contribution is 2.50. The van der Waals surface area contributed by atoms with Crippen LogP contribution in [0.5, 0.6) is 0 Å². The Kier molecular flexibility index (Phi) is 6.11. The van der Waals surface area contributed by atoms with Gasteiger partial charge in [0.1, 0.15) is 5.82 Å². The Morgan fingerprint density at radius 2 is 1.65 bits per heavy atom. The summed E-state index contributed by atoms with van der Waals surface area (Å²) < 4.78 is 31.0. The molecule has 1 heterocycles. The molecule has 2 atom stereocenters. The molecule has 3 aromatic carbocycles. The van der Waals surface area contributed by atoms with E-state index in [1.807, 2.05) is 42.5 Å². The van der Waals surface area contributed by atoms with Gasteiger partial charge in [-0.05, 0) is 76.8 Å². The number of alkyl halides is 1. The Balaban J connectivity index is 1.64. The van der Waals surface area contributed by atoms with E-state index < -0.39 is 12.3 Å². The molecule has 2 nitrogen and oxygen atoms in total. The van der Waals surface area contributed by atoms with E-state index in [1.165, 1.54) is 12.1 Å². The van der Waals surface area contributed by atoms with Crippen LogP contribution < -0.4 is 0 Å². The summed E-state index contributed by atoms with van der Waals surface area (Å²) in [5, 5.41) is 13.5. The van der Waals surface area contributed by atoms with Crippen molar-refractivity contribution in [2.45, 2.75) is 70.6 Å². The van der Waals surface area contributed by atoms with Crippen molar-refractivity contribution in [2.24, 2.45) is 5.41 Å². The molecule has 2 unspecified atom stereocenters. The third-order valence-electron chi connectivity index (χ3n) is 8.30. The molecule has 1 aromatic heterocycles. The van der Waals surface area contributed by atoms with Gasteiger partial charge < -0.3 is 5.11 Å². The topological polar surface area (TPSA) is 33.1 Å². The van der Waals surface area contributed by atoms with Crippen molar-refractivity contribution in [1.82, 2.24) is 4.98 Å². The van der Waals surface area contributed by atoms with Crippen LogP contribution in [0.2, 0.25) is 0 Å². The Morgan fingerprint density at radius 1 is 0.946 bits per heavy atom. The number of nitrogens with zero attached hydrogens (tertiary/aromatic N) is 1. The number of hydrogen-bond donors (Lipinski definition) is 1. The predicted octanol–water partition coefficient (Wildman–Crippen LogP) is 8.76. The standard InChI is InChI=1S/C33H33F2NO/c1-33(2)18-26-29(27(37)19-33)28(21-13-15-25(34)16-14-21)30(32(36-26)22-8-4-5-9-22)31(35)24-12-11-20-7-3-6-10-23(20)17-24/h3,6-7,10-17,22,27,31,37H,4-5,8-9,18-19H2,1-2H3. The smallest absolute Gasteiger partial charge is 0.153 e. The first-order valence-corrected chi connectivity index (χ1v) is 13.4. The molecule has 1 fully saturated rings. The van der Waals surface area contributed by atoms with Gasteiger partial charge in [-0.25, -0.2) is 8.78 Å². The molecule has 2 aliphatic carbocycles. The van der Waals surface area contributed by atoms with E-state index in [4.69, 9.17) is 4.98 Å². The Labute approximate surface area is 217 Å². The van der Waals surface area contributed by atoms with Crippen LogP contribution in [0, 0.1) is 11.2 Å². The summed E-state index contributed by atoms with van der Waals surface area (Å²) in [5.74, 6) is -0.155. The number of rotatable bonds is 4. The van der Waals surface area contributed by atoms with Crippen LogP contribution in [0.4, 0.5) is 8.78 Å². The van der Waals surface area contributed by atoms with Crippen molar-refractivity contribution in [2.75, 3.05) is 0 Å². The SMILES string of the molecule is CC1(C)Cc2nc(C3CCCC3)c(C(F)c3ccc4ccccc4c3)c(-c3ccc(F)cc3)c2C(O)C1. The fourth-order valence-electron chi connectivity index (χ4n) is 6.55. The molecule has 0 aliphatic heterocycles. The van der Waals surface area contributed by atoms with E-state index in [0.717, 1.165) is 59.8 Å². The van der Waals surface area contributed by atoms with E-state index in [-0.39, 0.29) is 17.2 Å². The van der Waals surface area contributed by atoms with Gasteiger partial charge in [0, 0.05) is 22.7 Å². The third-order valence-corrected chi connectivity index (χ3v) is 8.30. The predicted molar refractivity (Wildman–Crippen MR) is 145 cm³/mol. The molecule has 0 saturated heterocycles. The Hall–Kier alpha value is -3.11. The van der Waals surface area contributed by atoms with Crippen molar-refractivity contribution in [3.63, 3.8) is 0 Å². The zero-order valence-corrected chi connectivity index (χ0v) is 21.5. The molecule has 0 bridgehead atoms. The maximum Gasteiger partial charge on any atom is 0.153 e. The van der Waals surface area contributed by atoms with Gasteiger partial charge in [0.2, 0.25) is 0 Å². The highest BCUT2D eigenvalue weighted by molar-refractivity contribution is 5.83. The van der Waals surface area contributed by atoms with E-state index >= 15 is 4.39 Å². The normalized spacial score (nSPS) is 20.2. The third kappa shape index (κ3) is 4.46. The van der Waals surface area contributed by atoms with Crippen LogP contribution in [0.25, 0.3) is 21.9 Å². The Bertz CT molecular complexity index is 1450. The summed E-state index contributed by atoms with van der Waals surface area (Å²) >= 11 is 0. The van der Waals surface area contributed by atoms with E-state index in [0.29, 0.717) is 28.7 Å². The van der Waals surface area contributed by atoms with Gasteiger partial charge >= 0.3 is 0 Å². The first kappa shape index (κ1) is 24.2. The second kappa shape index (κ2) is 9.33. The van der Waals surface area contributed by atoms with Crippen molar-refractivity contribution >= 4 is 10.8 Å². The highest BCUT2D eigenvalue weighted by atomic mass is 19.1. The molecule has 6 rings (SSSR count). The van der Waals surface area contributed by atoms with Gasteiger partial charge in [0.15, 0.2) is 6.17 Å². The largest absolute Gasteiger partial charge is 0.388 e. The van der Waals surface area contributed by atoms with Crippen LogP contribution >= 0.6 is 0 Å². The number of aromatic nitrogens is 1. The van der Waals surface area contributed by atoms with Crippen molar-refractivity contribution in [3.05, 3.63) is 101 Å². The minimum absolute atomic E-state index is 0.110. The summed E-state index contributed by atoms with van der Waals surface area (Å²) in [5.41, 5.74) is 4.85. The van der Waals surface area contributed by atoms with Crippen molar-refractivity contribution in [3.8, 4) is 11.1 Å². The van der Waals surface area contributed by atoms with Gasteiger partial charge in [0.25, 0.3) is 0 Å². The van der Waals surface area contributed by atoms with Crippen molar-refractivity contribution in [1.29, 1.82) is 0 Å². The zero-order chi connectivity index (χ0) is 25.7. The van der Waals surface area contributed by atoms with Gasteiger partial charge in [-0.3, -0.25) is 4.98 Å². The monoisotopic (exact) mass is 497 g/mol. The lowest BCUT2D eigenvalue weighted by Crippen LogP contribution is -2.29. The number of pyridine rings is 1. The van der Waals surface area contributed by atoms with E-state index in [1.54, 1.807) is 12.1 Å². The molecule has 1 saturated carbocycles. The van der Waals surface area contributed by atoms with Crippen LogP contribution in [0.15, 0.2) is 66.7 Å². The van der Waals surface area contributed by atoms with Crippen LogP contribution in [-0.2, 0) is 6.42 Å². The molecular formula is C33H33F2NO. The number of benzene rings is 3. The minimum Gasteiger partial charge on any atom is -0.388 e. The minimum atomic E-state index is -1.42. The lowest BCUT2D eigenvalue weighted by Gasteiger charge is -2.37. The number of aliphatic hydroxyl groups is 1. The number of hydrogen-bond acceptors (Lipinski definition) is 2. The maximum atomic E-state index is 17.0. The van der Waals surface area contributed by atoms with E-state index in [9.17, 15) is 9.50 Å². The molecular weight excluding hydrogens is 464 g/mol. The van der Waals surface area contributed by atoms with E-state index in [2.05, 4.69) is 13.8 Å². The van der Waals surface area contributed by atoms with Gasteiger partial charge in [-0.2, -0.15) is 0 Å². The van der Waals surface area contributed by atoms with Gasteiger partial charge in [-0.1, -0.05) is 75.2 Å². The first-order chi connectivity index (χ1) is 17.8. The average Bonchev–Trinajstić information content (AvgIpc) is 3.42. The Morgan fingerprint density at radius 3 is 2.38 bits per heavy atom. The average molecular weight is 498 g/mol. The fourth-order valence-corrected chi connectivity index (χ4v) is 6.55. The lowest BCUT2D eigenvalue weighted by atomic mass is 9.71. The quantitative estimate of drug-likeness (QED) is 0.306. The zero-order valence-electron chi connectivity index (χ0n) is 21.5. The maximum absolute atomic E-state index is 17.0. The van der Waals surface area contributed by atoms with Gasteiger partial charge in [-0.15, -0.1) is 0 Å². The number of halogens is 2. The molecule has 37 heavy (non-hydrogen) atoms. The molecule has 190 valence electrons. The second-order valence-corrected chi connectivity index (χ2v) is 11.7. The summed E-state index contributed by atoms with van der Waals surface area (Å²) in [7, 11) is 0. The molecule has 4 heteroatoms. The summed E-state index contributed by atoms with van der Waals surface area (Å²) in [6.45, 7) is 4.29. The molecule has 1 N–H and O–H groups in total. The van der Waals surface area contributed by atoms with Crippen LogP contribution in [0.3, 0.4) is 0 Å². The van der Waals surface area contributed by atoms with Gasteiger partial charge in [0.05, 0.1) is 11.8 Å². The molecule has 0 spiro atoms. The number of fused-ring (bicyclic) bond motifs is 2. The summed E-state index contributed by atoms with van der Waals surface area (Å²) in [6, 6.07) is 20.0. The first-order valence-electron chi connectivity index (χ1n) is 13.4. The van der Waals surface area contributed by atoms with Crippen LogP contribution in [0.1, 0.15) is 92.2 Å². The molecule has 2 aliphatic rings. The highest BCUT2D eigenvalue weighted by Gasteiger charge is 2.39. The summed E-state index contributed by atoms with van der Waals surface area (Å²) in [4.78, 5) is 5.18. The molecule has 0 radical (unpaired) electrons. The van der Waals surface area contributed by atoms with Crippen LogP contribution in [-0.4, -0.2) is 10.1 Å². The molecule has 0 amide bonds. The summed E-state index contributed by atoms with van der Waals surface area (Å²) in [6.07, 6.45) is 3.30.